The van der Waals surface area contributed by atoms with Crippen molar-refractivity contribution in [2.24, 2.45) is 0 Å². The Morgan fingerprint density at radius 3 is 2.50 bits per heavy atom. The number of nitrogens with zero attached hydrogens (tertiary/aromatic N) is 4. The van der Waals surface area contributed by atoms with Crippen LogP contribution in [0.25, 0.3) is 16.6 Å². The zero-order valence-electron chi connectivity index (χ0n) is 20.1. The van der Waals surface area contributed by atoms with Crippen molar-refractivity contribution in [2.45, 2.75) is 39.7 Å². The Labute approximate surface area is 201 Å². The highest BCUT2D eigenvalue weighted by Crippen LogP contribution is 2.22. The van der Waals surface area contributed by atoms with Crippen LogP contribution in [-0.4, -0.2) is 56.7 Å². The normalized spacial score (nSPS) is 14.7. The van der Waals surface area contributed by atoms with Crippen molar-refractivity contribution in [2.75, 3.05) is 26.2 Å². The predicted molar refractivity (Wildman–Crippen MR) is 136 cm³/mol. The SMILES string of the molecule is Cc1nn(-c2ccccc2)c(C)c1CN1CCN(C(=O)CCCc2c[nH]c3ccccc23)CC1. The van der Waals surface area contributed by atoms with Crippen molar-refractivity contribution in [1.29, 1.82) is 0 Å². The maximum Gasteiger partial charge on any atom is 0.222 e. The molecule has 2 aromatic carbocycles. The summed E-state index contributed by atoms with van der Waals surface area (Å²) in [6, 6.07) is 18.7. The lowest BCUT2D eigenvalue weighted by Gasteiger charge is -2.35. The van der Waals surface area contributed by atoms with E-state index in [1.807, 2.05) is 33.8 Å². The summed E-state index contributed by atoms with van der Waals surface area (Å²) in [6.07, 6.45) is 4.51. The topological polar surface area (TPSA) is 57.2 Å². The molecular formula is C28H33N5O. The second-order valence-corrected chi connectivity index (χ2v) is 9.27. The third-order valence-corrected chi connectivity index (χ3v) is 7.06. The Balaban J connectivity index is 1.12. The van der Waals surface area contributed by atoms with Crippen molar-refractivity contribution in [3.8, 4) is 5.69 Å². The molecule has 2 aromatic heterocycles. The maximum absolute atomic E-state index is 12.8. The second kappa shape index (κ2) is 9.85. The standard InChI is InChI=1S/C28H33N5O/c1-21-26(22(2)33(30-21)24-10-4-3-5-11-24)20-31-15-17-32(18-16-31)28(34)14-8-9-23-19-29-27-13-7-6-12-25(23)27/h3-7,10-13,19,29H,8-9,14-18,20H2,1-2H3. The summed E-state index contributed by atoms with van der Waals surface area (Å²) in [4.78, 5) is 20.6. The van der Waals surface area contributed by atoms with Gasteiger partial charge >= 0.3 is 0 Å². The predicted octanol–water partition coefficient (Wildman–Crippen LogP) is 4.64. The molecule has 4 aromatic rings. The van der Waals surface area contributed by atoms with Gasteiger partial charge in [-0.05, 0) is 50.5 Å². The van der Waals surface area contributed by atoms with Gasteiger partial charge in [0, 0.05) is 67.5 Å². The Bertz CT molecular complexity index is 1260. The number of nitrogens with one attached hydrogen (secondary N) is 1. The van der Waals surface area contributed by atoms with Crippen molar-refractivity contribution < 1.29 is 4.79 Å². The number of hydrogen-bond donors (Lipinski definition) is 1. The van der Waals surface area contributed by atoms with E-state index in [4.69, 9.17) is 5.10 Å². The molecule has 0 unspecified atom stereocenters. The number of H-pyrrole nitrogens is 1. The number of piperazine rings is 1. The number of hydrogen-bond acceptors (Lipinski definition) is 3. The fourth-order valence-electron chi connectivity index (χ4n) is 5.03. The molecule has 1 aliphatic rings. The fraction of sp³-hybridized carbons (Fsp3) is 0.357. The van der Waals surface area contributed by atoms with E-state index in [0.717, 1.165) is 56.9 Å². The Kier molecular flexibility index (Phi) is 6.50. The van der Waals surface area contributed by atoms with Gasteiger partial charge in [-0.1, -0.05) is 36.4 Å². The van der Waals surface area contributed by atoms with E-state index in [2.05, 4.69) is 60.3 Å². The molecule has 0 radical (unpaired) electrons. The van der Waals surface area contributed by atoms with Crippen LogP contribution < -0.4 is 0 Å². The van der Waals surface area contributed by atoms with Gasteiger partial charge in [0.2, 0.25) is 5.91 Å². The van der Waals surface area contributed by atoms with Crippen molar-refractivity contribution in [3.05, 3.63) is 83.3 Å². The summed E-state index contributed by atoms with van der Waals surface area (Å²) >= 11 is 0. The lowest BCUT2D eigenvalue weighted by Crippen LogP contribution is -2.48. The average molecular weight is 456 g/mol. The third-order valence-electron chi connectivity index (χ3n) is 7.06. The van der Waals surface area contributed by atoms with Gasteiger partial charge in [0.15, 0.2) is 0 Å². The summed E-state index contributed by atoms with van der Waals surface area (Å²) in [6.45, 7) is 8.54. The molecule has 1 saturated heterocycles. The zero-order valence-corrected chi connectivity index (χ0v) is 20.1. The van der Waals surface area contributed by atoms with Crippen LogP contribution in [0.1, 0.15) is 35.4 Å². The molecule has 1 aliphatic heterocycles. The number of carbonyl (C=O) groups excluding carboxylic acids is 1. The van der Waals surface area contributed by atoms with Gasteiger partial charge in [0.05, 0.1) is 11.4 Å². The Morgan fingerprint density at radius 1 is 0.971 bits per heavy atom. The van der Waals surface area contributed by atoms with E-state index in [1.165, 1.54) is 27.7 Å². The molecule has 3 heterocycles. The second-order valence-electron chi connectivity index (χ2n) is 9.27. The summed E-state index contributed by atoms with van der Waals surface area (Å²) in [5.74, 6) is 0.281. The number of aryl methyl sites for hydroxylation is 2. The minimum absolute atomic E-state index is 0.281. The molecular weight excluding hydrogens is 422 g/mol. The van der Waals surface area contributed by atoms with Gasteiger partial charge in [-0.25, -0.2) is 4.68 Å². The first kappa shape index (κ1) is 22.4. The van der Waals surface area contributed by atoms with Crippen LogP contribution in [0.5, 0.6) is 0 Å². The molecule has 1 fully saturated rings. The lowest BCUT2D eigenvalue weighted by atomic mass is 10.1. The van der Waals surface area contributed by atoms with Crippen LogP contribution in [0.3, 0.4) is 0 Å². The fourth-order valence-corrected chi connectivity index (χ4v) is 5.03. The quantitative estimate of drug-likeness (QED) is 0.442. The molecule has 1 N–H and O–H groups in total. The average Bonchev–Trinajstić information content (AvgIpc) is 3.41. The van der Waals surface area contributed by atoms with Crippen LogP contribution in [0.4, 0.5) is 0 Å². The van der Waals surface area contributed by atoms with E-state index in [1.54, 1.807) is 0 Å². The molecule has 176 valence electrons. The van der Waals surface area contributed by atoms with Gasteiger partial charge in [-0.3, -0.25) is 9.69 Å². The van der Waals surface area contributed by atoms with Gasteiger partial charge in [0.1, 0.15) is 0 Å². The number of amides is 1. The van der Waals surface area contributed by atoms with Crippen LogP contribution in [0.2, 0.25) is 0 Å². The number of aromatic nitrogens is 3. The number of aromatic amines is 1. The molecule has 5 rings (SSSR count). The van der Waals surface area contributed by atoms with Crippen molar-refractivity contribution >= 4 is 16.8 Å². The summed E-state index contributed by atoms with van der Waals surface area (Å²) < 4.78 is 2.04. The van der Waals surface area contributed by atoms with Gasteiger partial charge in [0.25, 0.3) is 0 Å². The maximum atomic E-state index is 12.8. The summed E-state index contributed by atoms with van der Waals surface area (Å²) in [7, 11) is 0. The number of benzene rings is 2. The van der Waals surface area contributed by atoms with E-state index >= 15 is 0 Å². The van der Waals surface area contributed by atoms with Crippen LogP contribution >= 0.6 is 0 Å². The van der Waals surface area contributed by atoms with E-state index in [-0.39, 0.29) is 5.91 Å². The van der Waals surface area contributed by atoms with E-state index < -0.39 is 0 Å². The molecule has 0 saturated carbocycles. The van der Waals surface area contributed by atoms with E-state index in [9.17, 15) is 4.79 Å². The largest absolute Gasteiger partial charge is 0.361 e. The molecule has 0 atom stereocenters. The first-order valence-corrected chi connectivity index (χ1v) is 12.3. The summed E-state index contributed by atoms with van der Waals surface area (Å²) in [5.41, 5.74) is 7.13. The van der Waals surface area contributed by atoms with Crippen molar-refractivity contribution in [3.63, 3.8) is 0 Å². The first-order chi connectivity index (χ1) is 16.6. The number of fused-ring (bicyclic) bond motifs is 1. The molecule has 6 heteroatoms. The lowest BCUT2D eigenvalue weighted by molar-refractivity contribution is -0.133. The number of carbonyl (C=O) groups is 1. The first-order valence-electron chi connectivity index (χ1n) is 12.3. The van der Waals surface area contributed by atoms with Crippen LogP contribution in [0, 0.1) is 13.8 Å². The number of rotatable bonds is 7. The molecule has 1 amide bonds. The van der Waals surface area contributed by atoms with Crippen LogP contribution in [0.15, 0.2) is 60.8 Å². The van der Waals surface area contributed by atoms with Gasteiger partial charge < -0.3 is 9.88 Å². The highest BCUT2D eigenvalue weighted by Gasteiger charge is 2.23. The monoisotopic (exact) mass is 455 g/mol. The molecule has 0 aliphatic carbocycles. The van der Waals surface area contributed by atoms with Gasteiger partial charge in [-0.15, -0.1) is 0 Å². The third kappa shape index (κ3) is 4.64. The minimum atomic E-state index is 0.281. The van der Waals surface area contributed by atoms with E-state index in [0.29, 0.717) is 6.42 Å². The molecule has 0 spiro atoms. The zero-order chi connectivity index (χ0) is 23.5. The highest BCUT2D eigenvalue weighted by molar-refractivity contribution is 5.83. The Hall–Kier alpha value is -3.38. The van der Waals surface area contributed by atoms with Gasteiger partial charge in [-0.2, -0.15) is 5.10 Å². The molecule has 0 bridgehead atoms. The Morgan fingerprint density at radius 2 is 1.71 bits per heavy atom. The molecule has 34 heavy (non-hydrogen) atoms. The minimum Gasteiger partial charge on any atom is -0.361 e. The van der Waals surface area contributed by atoms with Crippen LogP contribution in [-0.2, 0) is 17.8 Å². The number of para-hydroxylation sites is 2. The van der Waals surface area contributed by atoms with Crippen molar-refractivity contribution in [1.82, 2.24) is 24.6 Å². The smallest absolute Gasteiger partial charge is 0.222 e. The molecule has 6 nitrogen and oxygen atoms in total. The summed E-state index contributed by atoms with van der Waals surface area (Å²) in [5, 5.41) is 6.05. The highest BCUT2D eigenvalue weighted by atomic mass is 16.2.